The van der Waals surface area contributed by atoms with E-state index in [1.54, 1.807) is 0 Å². The van der Waals surface area contributed by atoms with E-state index in [9.17, 15) is 10.1 Å². The van der Waals surface area contributed by atoms with E-state index in [2.05, 4.69) is 15.7 Å². The third-order valence-corrected chi connectivity index (χ3v) is 1.22. The molecule has 0 unspecified atom stereocenters. The first kappa shape index (κ1) is 13.7. The molecule has 88 valence electrons. The van der Waals surface area contributed by atoms with Crippen molar-refractivity contribution >= 4 is 30.5 Å². The number of hydrogen-bond acceptors (Lipinski definition) is 6. The first-order chi connectivity index (χ1) is 7.09. The number of nitrogens with one attached hydrogen (secondary N) is 1. The fourth-order valence-corrected chi connectivity index (χ4v) is 0.689. The zero-order valence-corrected chi connectivity index (χ0v) is 8.68. The zero-order chi connectivity index (χ0) is 11.3. The molecule has 0 fully saturated rings. The van der Waals surface area contributed by atoms with Gasteiger partial charge in [-0.1, -0.05) is 0 Å². The first-order valence-electron chi connectivity index (χ1n) is 3.70. The molecule has 0 aliphatic rings. The molecule has 0 aliphatic carbocycles. The molecule has 1 heterocycles. The Bertz CT molecular complexity index is 410. The Kier molecular flexibility index (Phi) is 5.35. The molecule has 0 atom stereocenters. The van der Waals surface area contributed by atoms with Crippen LogP contribution in [0.4, 0.5) is 5.88 Å². The molecule has 5 N–H and O–H groups in total. The van der Waals surface area contributed by atoms with Gasteiger partial charge in [0.15, 0.2) is 5.76 Å². The molecule has 10 heteroatoms. The Morgan fingerprint density at radius 1 is 1.56 bits per heavy atom. The van der Waals surface area contributed by atoms with Gasteiger partial charge in [0, 0.05) is 0 Å². The number of hydrogen-bond donors (Lipinski definition) is 3. The van der Waals surface area contributed by atoms with Crippen LogP contribution in [-0.2, 0) is 0 Å². The fraction of sp³-hybridized carbons (Fsp3) is 0. The van der Waals surface area contributed by atoms with E-state index in [4.69, 9.17) is 15.9 Å². The number of nitrogens with two attached hydrogens (primary N) is 2. The lowest BCUT2D eigenvalue weighted by molar-refractivity contribution is -0.402. The van der Waals surface area contributed by atoms with Crippen molar-refractivity contribution in [1.29, 1.82) is 0 Å². The Labute approximate surface area is 95.7 Å². The maximum Gasteiger partial charge on any atom is 0.433 e. The molecule has 0 aromatic carbocycles. The molecule has 9 nitrogen and oxygen atoms in total. The van der Waals surface area contributed by atoms with E-state index < -0.39 is 4.92 Å². The number of nitrogens with zero attached hydrogens (tertiary/aromatic N) is 3. The van der Waals surface area contributed by atoms with E-state index >= 15 is 0 Å². The van der Waals surface area contributed by atoms with Crippen LogP contribution in [0.25, 0.3) is 0 Å². The van der Waals surface area contributed by atoms with Crippen LogP contribution in [0.5, 0.6) is 0 Å². The summed E-state index contributed by atoms with van der Waals surface area (Å²) >= 11 is 0. The maximum absolute atomic E-state index is 10.2. The van der Waals surface area contributed by atoms with Crippen molar-refractivity contribution < 1.29 is 9.34 Å². The van der Waals surface area contributed by atoms with E-state index in [-0.39, 0.29) is 30.0 Å². The third-order valence-electron chi connectivity index (χ3n) is 1.22. The minimum atomic E-state index is -0.652. The number of nitro groups is 1. The average Bonchev–Trinajstić information content (AvgIpc) is 2.60. The molecule has 0 aliphatic heterocycles. The molecule has 0 saturated carbocycles. The van der Waals surface area contributed by atoms with E-state index in [1.807, 2.05) is 0 Å². The van der Waals surface area contributed by atoms with Gasteiger partial charge in [-0.25, -0.2) is 0 Å². The van der Waals surface area contributed by atoms with E-state index in [1.165, 1.54) is 18.3 Å². The number of rotatable bonds is 4. The number of furan rings is 1. The van der Waals surface area contributed by atoms with Crippen LogP contribution in [0.1, 0.15) is 5.76 Å². The van der Waals surface area contributed by atoms with Gasteiger partial charge in [-0.05, 0) is 6.07 Å². The smallest absolute Gasteiger partial charge is 0.400 e. The highest BCUT2D eigenvalue weighted by atomic mass is 35.5. The molecule has 0 spiro atoms. The third kappa shape index (κ3) is 4.28. The number of halogens is 1. The van der Waals surface area contributed by atoms with Crippen molar-refractivity contribution in [3.05, 3.63) is 28.0 Å². The Morgan fingerprint density at radius 3 is 2.75 bits per heavy atom. The van der Waals surface area contributed by atoms with Gasteiger partial charge in [0.25, 0.3) is 0 Å². The van der Waals surface area contributed by atoms with Gasteiger partial charge in [0.05, 0.1) is 12.3 Å². The van der Waals surface area contributed by atoms with E-state index in [0.29, 0.717) is 0 Å². The molecule has 1 aromatic rings. The zero-order valence-electron chi connectivity index (χ0n) is 7.86. The first-order valence-corrected chi connectivity index (χ1v) is 3.70. The molecule has 1 aromatic heterocycles. The predicted molar refractivity (Wildman–Crippen MR) is 59.1 cm³/mol. The Hall–Kier alpha value is -2.29. The lowest BCUT2D eigenvalue weighted by atomic mass is 10.5. The molecule has 0 radical (unpaired) electrons. The van der Waals surface area contributed by atoms with Crippen LogP contribution < -0.4 is 17.0 Å². The second kappa shape index (κ2) is 6.24. The number of guanidine groups is 1. The SMILES string of the molecule is Cl.NC(N)=NN/N=C/c1ccc([N+](=O)[O-])o1. The van der Waals surface area contributed by atoms with Crippen molar-refractivity contribution in [2.24, 2.45) is 21.7 Å². The summed E-state index contributed by atoms with van der Waals surface area (Å²) in [6.07, 6.45) is 1.19. The highest BCUT2D eigenvalue weighted by Gasteiger charge is 2.09. The summed E-state index contributed by atoms with van der Waals surface area (Å²) in [5.74, 6) is -0.337. The van der Waals surface area contributed by atoms with Gasteiger partial charge in [0.2, 0.25) is 5.96 Å². The second-order valence-electron chi connectivity index (χ2n) is 2.33. The van der Waals surface area contributed by atoms with Crippen LogP contribution in [0.3, 0.4) is 0 Å². The summed E-state index contributed by atoms with van der Waals surface area (Å²) in [5, 5.41) is 17.1. The lowest BCUT2D eigenvalue weighted by Crippen LogP contribution is -2.25. The quantitative estimate of drug-likeness (QED) is 0.289. The molecule has 16 heavy (non-hydrogen) atoms. The average molecular weight is 249 g/mol. The minimum absolute atomic E-state index is 0. The number of hydrazone groups is 2. The lowest BCUT2D eigenvalue weighted by Gasteiger charge is -1.89. The van der Waals surface area contributed by atoms with Gasteiger partial charge in [-0.3, -0.25) is 10.1 Å². The second-order valence-corrected chi connectivity index (χ2v) is 2.33. The molecule has 0 bridgehead atoms. The largest absolute Gasteiger partial charge is 0.433 e. The standard InChI is InChI=1S/C6H8N6O3.ClH/c7-6(8)10-11-9-3-4-1-2-5(15-4)12(13)14;/h1-3,11H,(H4,7,8,10);1H/b9-3+;. The highest BCUT2D eigenvalue weighted by molar-refractivity contribution is 5.85. The molecule has 0 amide bonds. The van der Waals surface area contributed by atoms with E-state index in [0.717, 1.165) is 0 Å². The molecule has 0 saturated heterocycles. The summed E-state index contributed by atoms with van der Waals surface area (Å²) < 4.78 is 4.75. The van der Waals surface area contributed by atoms with Gasteiger partial charge < -0.3 is 15.9 Å². The Morgan fingerprint density at radius 2 is 2.25 bits per heavy atom. The molecular weight excluding hydrogens is 240 g/mol. The van der Waals surface area contributed by atoms with Crippen LogP contribution in [0.2, 0.25) is 0 Å². The minimum Gasteiger partial charge on any atom is -0.400 e. The van der Waals surface area contributed by atoms with Gasteiger partial charge in [0.1, 0.15) is 4.92 Å². The Balaban J connectivity index is 0.00000225. The fourth-order valence-electron chi connectivity index (χ4n) is 0.689. The maximum atomic E-state index is 10.2. The van der Waals surface area contributed by atoms with Gasteiger partial charge in [-0.15, -0.1) is 17.5 Å². The summed E-state index contributed by atoms with van der Waals surface area (Å²) in [4.78, 5) is 9.58. The normalized spacial score (nSPS) is 9.50. The van der Waals surface area contributed by atoms with Crippen molar-refractivity contribution in [2.75, 3.05) is 0 Å². The summed E-state index contributed by atoms with van der Waals surface area (Å²) in [6, 6.07) is 2.60. The van der Waals surface area contributed by atoms with Crippen molar-refractivity contribution in [2.45, 2.75) is 0 Å². The van der Waals surface area contributed by atoms with Crippen molar-refractivity contribution in [3.8, 4) is 0 Å². The van der Waals surface area contributed by atoms with Gasteiger partial charge in [-0.2, -0.15) is 10.6 Å². The topological polar surface area (TPSA) is 145 Å². The molecular formula is C6H9ClN6O3. The van der Waals surface area contributed by atoms with Crippen LogP contribution in [-0.4, -0.2) is 17.1 Å². The molecule has 1 rings (SSSR count). The highest BCUT2D eigenvalue weighted by Crippen LogP contribution is 2.13. The summed E-state index contributed by atoms with van der Waals surface area (Å²) in [6.45, 7) is 0. The van der Waals surface area contributed by atoms with Crippen LogP contribution in [0, 0.1) is 10.1 Å². The van der Waals surface area contributed by atoms with Crippen LogP contribution >= 0.6 is 12.4 Å². The van der Waals surface area contributed by atoms with Crippen LogP contribution in [0.15, 0.2) is 26.8 Å². The van der Waals surface area contributed by atoms with Crippen molar-refractivity contribution in [1.82, 2.24) is 5.53 Å². The summed E-state index contributed by atoms with van der Waals surface area (Å²) in [7, 11) is 0. The monoisotopic (exact) mass is 248 g/mol. The predicted octanol–water partition coefficient (Wildman–Crippen LogP) is -0.279. The van der Waals surface area contributed by atoms with Gasteiger partial charge >= 0.3 is 5.88 Å². The summed E-state index contributed by atoms with van der Waals surface area (Å²) in [5.41, 5.74) is 12.1. The van der Waals surface area contributed by atoms with Crippen molar-refractivity contribution in [3.63, 3.8) is 0 Å².